The highest BCUT2D eigenvalue weighted by atomic mass is 16.4. The number of aliphatic hydroxyl groups excluding tert-OH is 3. The van der Waals surface area contributed by atoms with Gasteiger partial charge in [0.1, 0.15) is 41.8 Å². The number of carbonyl (C=O) groups excluding carboxylic acids is 4. The van der Waals surface area contributed by atoms with Crippen LogP contribution < -0.4 is 44.2 Å². The van der Waals surface area contributed by atoms with Crippen molar-refractivity contribution >= 4 is 35.6 Å². The molecule has 1 aliphatic rings. The maximum absolute atomic E-state index is 14.0. The summed E-state index contributed by atoms with van der Waals surface area (Å²) in [6.45, 7) is -1.34. The van der Waals surface area contributed by atoms with Gasteiger partial charge in [0.05, 0.1) is 18.8 Å². The zero-order valence-electron chi connectivity index (χ0n) is 27.9. The van der Waals surface area contributed by atoms with Crippen molar-refractivity contribution in [3.8, 4) is 22.6 Å². The number of nitrogens with two attached hydrogens (primary N) is 4. The number of hydrogen-bond acceptors (Lipinski definition) is 13. The minimum atomic E-state index is -2.04. The number of fused-ring (bicyclic) bond motifs is 5. The fourth-order valence-electron chi connectivity index (χ4n) is 5.32. The first kappa shape index (κ1) is 40.9. The third-order valence-electron chi connectivity index (χ3n) is 8.22. The van der Waals surface area contributed by atoms with E-state index in [1.54, 1.807) is 0 Å². The number of nitrogens with zero attached hydrogens (tertiary/aromatic N) is 1. The predicted molar refractivity (Wildman–Crippen MR) is 184 cm³/mol. The lowest BCUT2D eigenvalue weighted by atomic mass is 9.94. The van der Waals surface area contributed by atoms with Crippen LogP contribution in [-0.2, 0) is 30.4 Å². The molecule has 284 valence electrons. The molecule has 20 heteroatoms. The molecule has 3 rings (SSSR count). The molecule has 20 nitrogen and oxygen atoms in total. The molecule has 1 heterocycles. The standard InChI is InChI=1S/C32H45N9O11/c33-12-17(43)11-21-29(49)41-25(30(50)38-20(2-1-7-37-32(35)36)28(48)40-22(13-42)31(51)52)26(46)18-9-15(4-6-24(18)45)14-3-5-23(44)16(8-14)10-19(34)27(47)39-21/h3-6,8-9,17,19-22,25-26,42-46H,1-2,7,10-13,33-34H2,(H,38,50)(H,39,47)(H,40,48)(H,41,49)(H,51,52)(H4,35,36,37)/t17-,19+,20+,21+,22+,25+,26-/m1/s1. The van der Waals surface area contributed by atoms with Gasteiger partial charge in [0, 0.05) is 31.5 Å². The maximum Gasteiger partial charge on any atom is 0.328 e. The lowest BCUT2D eigenvalue weighted by molar-refractivity contribution is -0.143. The van der Waals surface area contributed by atoms with E-state index in [9.17, 15) is 54.6 Å². The Morgan fingerprint density at radius 2 is 1.62 bits per heavy atom. The fraction of sp³-hybridized carbons (Fsp3) is 0.438. The number of phenols is 2. The van der Waals surface area contributed by atoms with Crippen LogP contribution in [0.3, 0.4) is 0 Å². The number of aliphatic hydroxyl groups is 3. The van der Waals surface area contributed by atoms with E-state index in [-0.39, 0.29) is 55.2 Å². The number of carboxylic acids is 1. The number of nitrogens with one attached hydrogen (secondary N) is 4. The van der Waals surface area contributed by atoms with Crippen molar-refractivity contribution in [1.29, 1.82) is 0 Å². The van der Waals surface area contributed by atoms with Gasteiger partial charge >= 0.3 is 5.97 Å². The number of rotatable bonds is 13. The Balaban J connectivity index is 2.13. The number of amides is 4. The first-order chi connectivity index (χ1) is 24.6. The molecule has 0 saturated heterocycles. The van der Waals surface area contributed by atoms with E-state index < -0.39 is 90.8 Å². The van der Waals surface area contributed by atoms with Crippen LogP contribution in [0.25, 0.3) is 11.1 Å². The van der Waals surface area contributed by atoms with E-state index in [1.165, 1.54) is 36.4 Å². The average Bonchev–Trinajstić information content (AvgIpc) is 3.10. The lowest BCUT2D eigenvalue weighted by Gasteiger charge is -2.29. The van der Waals surface area contributed by atoms with Gasteiger partial charge in [0.2, 0.25) is 23.6 Å². The third-order valence-corrected chi connectivity index (χ3v) is 8.22. The topological polar surface area (TPSA) is 371 Å². The van der Waals surface area contributed by atoms with E-state index >= 15 is 0 Å². The zero-order valence-corrected chi connectivity index (χ0v) is 27.9. The Hall–Kier alpha value is -5.54. The highest BCUT2D eigenvalue weighted by Crippen LogP contribution is 2.34. The first-order valence-corrected chi connectivity index (χ1v) is 16.1. The normalized spacial score (nSPS) is 20.8. The Morgan fingerprint density at radius 3 is 2.23 bits per heavy atom. The van der Waals surface area contributed by atoms with Crippen molar-refractivity contribution in [2.24, 2.45) is 27.9 Å². The van der Waals surface area contributed by atoms with E-state index in [0.29, 0.717) is 11.1 Å². The number of aliphatic imine (C=N–C) groups is 1. The van der Waals surface area contributed by atoms with Gasteiger partial charge in [-0.25, -0.2) is 4.79 Å². The summed E-state index contributed by atoms with van der Waals surface area (Å²) in [6.07, 6.45) is -4.18. The van der Waals surface area contributed by atoms with Crippen LogP contribution in [0, 0.1) is 0 Å². The van der Waals surface area contributed by atoms with Gasteiger partial charge in [-0.2, -0.15) is 0 Å². The van der Waals surface area contributed by atoms with Crippen LogP contribution in [0.1, 0.15) is 36.5 Å². The number of aromatic hydroxyl groups is 2. The molecule has 0 radical (unpaired) electrons. The minimum absolute atomic E-state index is 0.0141. The van der Waals surface area contributed by atoms with Crippen molar-refractivity contribution in [2.75, 3.05) is 19.7 Å². The highest BCUT2D eigenvalue weighted by Gasteiger charge is 2.37. The largest absolute Gasteiger partial charge is 0.508 e. The van der Waals surface area contributed by atoms with Crippen molar-refractivity contribution < 1.29 is 54.6 Å². The second-order valence-corrected chi connectivity index (χ2v) is 12.1. The van der Waals surface area contributed by atoms with Gasteiger partial charge in [-0.1, -0.05) is 12.1 Å². The average molecular weight is 732 g/mol. The number of aliphatic carboxylic acids is 1. The van der Waals surface area contributed by atoms with E-state index in [4.69, 9.17) is 22.9 Å². The summed E-state index contributed by atoms with van der Waals surface area (Å²) in [5.41, 5.74) is 23.2. The molecule has 0 spiro atoms. The predicted octanol–water partition coefficient (Wildman–Crippen LogP) is -4.54. The van der Waals surface area contributed by atoms with Crippen molar-refractivity contribution in [3.05, 3.63) is 47.5 Å². The Morgan fingerprint density at radius 1 is 0.962 bits per heavy atom. The molecule has 1 aliphatic heterocycles. The Kier molecular flexibility index (Phi) is 14.6. The van der Waals surface area contributed by atoms with E-state index in [2.05, 4.69) is 26.3 Å². The summed E-state index contributed by atoms with van der Waals surface area (Å²) >= 11 is 0. The molecule has 52 heavy (non-hydrogen) atoms. The monoisotopic (exact) mass is 731 g/mol. The minimum Gasteiger partial charge on any atom is -0.508 e. The Labute approximate surface area is 297 Å². The molecule has 0 aromatic heterocycles. The second kappa shape index (κ2) is 18.6. The molecule has 0 unspecified atom stereocenters. The summed E-state index contributed by atoms with van der Waals surface area (Å²) < 4.78 is 0. The van der Waals surface area contributed by atoms with Crippen molar-refractivity contribution in [2.45, 2.75) is 68.1 Å². The molecule has 2 aromatic carbocycles. The molecule has 0 aliphatic carbocycles. The molecule has 2 aromatic rings. The van der Waals surface area contributed by atoms with E-state index in [0.717, 1.165) is 0 Å². The number of phenolic OH excluding ortho intramolecular Hbond substituents is 2. The number of guanidine groups is 1. The summed E-state index contributed by atoms with van der Waals surface area (Å²) in [4.78, 5) is 69.5. The Bertz CT molecular complexity index is 1650. The van der Waals surface area contributed by atoms with Gasteiger partial charge in [0.25, 0.3) is 0 Å². The van der Waals surface area contributed by atoms with Gasteiger partial charge in [-0.15, -0.1) is 0 Å². The third kappa shape index (κ3) is 11.0. The zero-order chi connectivity index (χ0) is 38.7. The van der Waals surface area contributed by atoms with Crippen LogP contribution in [0.4, 0.5) is 0 Å². The maximum atomic E-state index is 14.0. The summed E-state index contributed by atoms with van der Waals surface area (Å²) in [5, 5.41) is 71.3. The van der Waals surface area contributed by atoms with Crippen LogP contribution in [-0.4, -0.2) is 122 Å². The molecule has 0 saturated carbocycles. The van der Waals surface area contributed by atoms with E-state index in [1.807, 2.05) is 0 Å². The van der Waals surface area contributed by atoms with Crippen molar-refractivity contribution in [3.63, 3.8) is 0 Å². The summed E-state index contributed by atoms with van der Waals surface area (Å²) in [5.74, 6) is -6.78. The fourth-order valence-corrected chi connectivity index (χ4v) is 5.32. The first-order valence-electron chi connectivity index (χ1n) is 16.1. The second-order valence-electron chi connectivity index (χ2n) is 12.1. The molecular formula is C32H45N9O11. The van der Waals surface area contributed by atoms with Gasteiger partial charge in [-0.05, 0) is 53.8 Å². The molecule has 7 atom stereocenters. The summed E-state index contributed by atoms with van der Waals surface area (Å²) in [7, 11) is 0. The molecular weight excluding hydrogens is 686 g/mol. The van der Waals surface area contributed by atoms with Gasteiger partial charge in [0.15, 0.2) is 5.96 Å². The number of carboxylic acid groups (broad SMARTS) is 1. The summed E-state index contributed by atoms with van der Waals surface area (Å²) in [6, 6.07) is 0.179. The van der Waals surface area contributed by atoms with Gasteiger partial charge in [-0.3, -0.25) is 24.2 Å². The molecule has 4 amide bonds. The quantitative estimate of drug-likeness (QED) is 0.0524. The van der Waals surface area contributed by atoms with Crippen LogP contribution >= 0.6 is 0 Å². The highest BCUT2D eigenvalue weighted by molar-refractivity contribution is 5.96. The molecule has 0 fully saturated rings. The van der Waals surface area contributed by atoms with Crippen LogP contribution in [0.5, 0.6) is 11.5 Å². The van der Waals surface area contributed by atoms with Crippen LogP contribution in [0.2, 0.25) is 0 Å². The lowest BCUT2D eigenvalue weighted by Crippen LogP contribution is -2.60. The smallest absolute Gasteiger partial charge is 0.328 e. The molecule has 4 bridgehead atoms. The molecule has 18 N–H and O–H groups in total. The number of carbonyl (C=O) groups is 5. The van der Waals surface area contributed by atoms with Gasteiger partial charge < -0.3 is 74.8 Å². The number of benzene rings is 2. The van der Waals surface area contributed by atoms with Crippen molar-refractivity contribution in [1.82, 2.24) is 21.3 Å². The SMILES string of the molecule is NC[C@H](O)C[C@@H]1NC(=O)[C@@H](N)Cc2cc(ccc2O)-c2ccc(O)c(c2)[C@@H](O)[C@@H](C(=O)N[C@@H](CCCN=C(N)N)C(=O)N[C@@H](CO)C(=O)O)NC1=O. The number of hydrogen-bond donors (Lipinski definition) is 14. The van der Waals surface area contributed by atoms with Crippen LogP contribution in [0.15, 0.2) is 41.4 Å².